The number of benzene rings is 3. The molecule has 1 amide bonds. The Labute approximate surface area is 212 Å². The van der Waals surface area contributed by atoms with E-state index in [1.54, 1.807) is 12.1 Å². The summed E-state index contributed by atoms with van der Waals surface area (Å²) in [5.41, 5.74) is 6.61. The molecule has 0 radical (unpaired) electrons. The molecule has 182 valence electrons. The zero-order valence-corrected chi connectivity index (χ0v) is 21.0. The highest BCUT2D eigenvalue weighted by Gasteiger charge is 2.15. The molecule has 3 aromatic carbocycles. The van der Waals surface area contributed by atoms with E-state index in [0.29, 0.717) is 18.0 Å². The van der Waals surface area contributed by atoms with Crippen LogP contribution in [0.2, 0.25) is 0 Å². The Balaban J connectivity index is 1.49. The van der Waals surface area contributed by atoms with Crippen molar-refractivity contribution in [1.82, 2.24) is 9.55 Å². The van der Waals surface area contributed by atoms with Crippen LogP contribution in [-0.2, 0) is 17.9 Å². The van der Waals surface area contributed by atoms with Gasteiger partial charge in [-0.3, -0.25) is 4.79 Å². The lowest BCUT2D eigenvalue weighted by Crippen LogP contribution is -2.33. The first-order chi connectivity index (χ1) is 17.4. The van der Waals surface area contributed by atoms with Gasteiger partial charge < -0.3 is 14.8 Å². The fourth-order valence-electron chi connectivity index (χ4n) is 4.01. The summed E-state index contributed by atoms with van der Waals surface area (Å²) in [4.78, 5) is 19.5. The number of aryl methyl sites for hydroxylation is 1. The summed E-state index contributed by atoms with van der Waals surface area (Å²) in [5.74, 6) is 0.303. The van der Waals surface area contributed by atoms with Crippen LogP contribution in [0.3, 0.4) is 0 Å². The molecule has 6 nitrogen and oxygen atoms in total. The largest absolute Gasteiger partial charge is 0.356 e. The van der Waals surface area contributed by atoms with Crippen molar-refractivity contribution in [3.05, 3.63) is 113 Å². The van der Waals surface area contributed by atoms with Gasteiger partial charge in [-0.2, -0.15) is 5.26 Å². The molecule has 4 aromatic rings. The van der Waals surface area contributed by atoms with Gasteiger partial charge in [-0.1, -0.05) is 61.9 Å². The number of imidazole rings is 1. The summed E-state index contributed by atoms with van der Waals surface area (Å²) in [7, 11) is 0. The molecule has 0 fully saturated rings. The number of aromatic nitrogens is 2. The molecule has 0 saturated heterocycles. The van der Waals surface area contributed by atoms with E-state index in [0.717, 1.165) is 23.6 Å². The molecule has 6 heteroatoms. The van der Waals surface area contributed by atoms with Crippen molar-refractivity contribution in [3.63, 3.8) is 0 Å². The maximum absolute atomic E-state index is 13.0. The van der Waals surface area contributed by atoms with Crippen molar-refractivity contribution in [2.45, 2.75) is 39.8 Å². The number of nitriles is 1. The Morgan fingerprint density at radius 3 is 2.53 bits per heavy atom. The Bertz CT molecular complexity index is 1350. The van der Waals surface area contributed by atoms with Gasteiger partial charge in [0, 0.05) is 24.1 Å². The number of nitrogens with zero attached hydrogens (tertiary/aromatic N) is 4. The van der Waals surface area contributed by atoms with Crippen LogP contribution in [0.15, 0.2) is 85.3 Å². The summed E-state index contributed by atoms with van der Waals surface area (Å²) in [5, 5.41) is 12.4. The SMILES string of the molecule is Cc1ccc(Cn2cnc(CN(CC(=O)Nc3ccc(C(C)C)cc3)c3cccc(C#N)c3)c2)cc1. The molecule has 0 saturated carbocycles. The third-order valence-electron chi connectivity index (χ3n) is 6.06. The molecule has 0 bridgehead atoms. The molecule has 0 aliphatic heterocycles. The van der Waals surface area contributed by atoms with Crippen LogP contribution in [0.4, 0.5) is 11.4 Å². The first-order valence-electron chi connectivity index (χ1n) is 12.1. The predicted octanol–water partition coefficient (Wildman–Crippen LogP) is 5.88. The van der Waals surface area contributed by atoms with E-state index >= 15 is 0 Å². The van der Waals surface area contributed by atoms with Crippen LogP contribution < -0.4 is 10.2 Å². The van der Waals surface area contributed by atoms with Gasteiger partial charge in [0.25, 0.3) is 0 Å². The van der Waals surface area contributed by atoms with Crippen LogP contribution in [0.25, 0.3) is 0 Å². The molecule has 0 aliphatic carbocycles. The standard InChI is InChI=1S/C30H31N5O/c1-22(2)26-11-13-27(14-12-26)33-30(36)20-35(29-6-4-5-25(15-29)16-31)19-28-18-34(21-32-28)17-24-9-7-23(3)8-10-24/h4-15,18,21-22H,17,19-20H2,1-3H3,(H,33,36). The topological polar surface area (TPSA) is 74.0 Å². The lowest BCUT2D eigenvalue weighted by Gasteiger charge is -2.23. The maximum Gasteiger partial charge on any atom is 0.243 e. The first-order valence-corrected chi connectivity index (χ1v) is 12.1. The number of anilines is 2. The summed E-state index contributed by atoms with van der Waals surface area (Å²) < 4.78 is 2.04. The van der Waals surface area contributed by atoms with Crippen LogP contribution in [-0.4, -0.2) is 22.0 Å². The van der Waals surface area contributed by atoms with Crippen LogP contribution >= 0.6 is 0 Å². The number of rotatable bonds is 9. The van der Waals surface area contributed by atoms with Crippen molar-refractivity contribution in [3.8, 4) is 6.07 Å². The van der Waals surface area contributed by atoms with Crippen LogP contribution in [0, 0.1) is 18.3 Å². The number of carbonyl (C=O) groups excluding carboxylic acids is 1. The Morgan fingerprint density at radius 1 is 1.08 bits per heavy atom. The van der Waals surface area contributed by atoms with Crippen molar-refractivity contribution in [2.75, 3.05) is 16.8 Å². The van der Waals surface area contributed by atoms with Gasteiger partial charge in [0.05, 0.1) is 36.7 Å². The fourth-order valence-corrected chi connectivity index (χ4v) is 4.01. The summed E-state index contributed by atoms with van der Waals surface area (Å²) in [6.07, 6.45) is 3.82. The highest BCUT2D eigenvalue weighted by atomic mass is 16.2. The smallest absolute Gasteiger partial charge is 0.243 e. The average Bonchev–Trinajstić information content (AvgIpc) is 3.32. The molecule has 0 atom stereocenters. The van der Waals surface area contributed by atoms with Gasteiger partial charge in [0.2, 0.25) is 5.91 Å². The first kappa shape index (κ1) is 24.7. The highest BCUT2D eigenvalue weighted by molar-refractivity contribution is 5.94. The van der Waals surface area contributed by atoms with Gasteiger partial charge in [0.1, 0.15) is 0 Å². The minimum atomic E-state index is -0.131. The molecular formula is C30H31N5O. The molecule has 4 rings (SSSR count). The maximum atomic E-state index is 13.0. The van der Waals surface area contributed by atoms with Gasteiger partial charge >= 0.3 is 0 Å². The number of carbonyl (C=O) groups is 1. The summed E-state index contributed by atoms with van der Waals surface area (Å²) in [6, 6.07) is 25.9. The third kappa shape index (κ3) is 6.61. The molecule has 36 heavy (non-hydrogen) atoms. The minimum Gasteiger partial charge on any atom is -0.356 e. The fraction of sp³-hybridized carbons (Fsp3) is 0.233. The van der Waals surface area contributed by atoms with Gasteiger partial charge in [-0.25, -0.2) is 4.98 Å². The van der Waals surface area contributed by atoms with Crippen LogP contribution in [0.1, 0.15) is 47.7 Å². The molecule has 0 aliphatic rings. The van der Waals surface area contributed by atoms with E-state index in [1.807, 2.05) is 58.4 Å². The quantitative estimate of drug-likeness (QED) is 0.327. The second-order valence-corrected chi connectivity index (χ2v) is 9.37. The highest BCUT2D eigenvalue weighted by Crippen LogP contribution is 2.20. The lowest BCUT2D eigenvalue weighted by atomic mass is 10.0. The minimum absolute atomic E-state index is 0.131. The van der Waals surface area contributed by atoms with Gasteiger partial charge in [-0.15, -0.1) is 0 Å². The number of hydrogen-bond donors (Lipinski definition) is 1. The van der Waals surface area contributed by atoms with E-state index in [-0.39, 0.29) is 12.5 Å². The Kier molecular flexibility index (Phi) is 7.82. The molecule has 0 unspecified atom stereocenters. The number of nitrogens with one attached hydrogen (secondary N) is 1. The zero-order valence-electron chi connectivity index (χ0n) is 21.0. The summed E-state index contributed by atoms with van der Waals surface area (Å²) >= 11 is 0. The van der Waals surface area contributed by atoms with Crippen LogP contribution in [0.5, 0.6) is 0 Å². The second-order valence-electron chi connectivity index (χ2n) is 9.37. The number of amides is 1. The van der Waals surface area contributed by atoms with E-state index in [1.165, 1.54) is 16.7 Å². The number of hydrogen-bond acceptors (Lipinski definition) is 4. The Hall–Kier alpha value is -4.37. The zero-order chi connectivity index (χ0) is 25.5. The normalized spacial score (nSPS) is 10.8. The van der Waals surface area contributed by atoms with E-state index in [4.69, 9.17) is 0 Å². The molecule has 1 N–H and O–H groups in total. The Morgan fingerprint density at radius 2 is 1.83 bits per heavy atom. The van der Waals surface area contributed by atoms with Crippen molar-refractivity contribution < 1.29 is 4.79 Å². The van der Waals surface area contributed by atoms with E-state index in [2.05, 4.69) is 61.4 Å². The predicted molar refractivity (Wildman–Crippen MR) is 144 cm³/mol. The summed E-state index contributed by atoms with van der Waals surface area (Å²) in [6.45, 7) is 7.66. The molecule has 1 aromatic heterocycles. The van der Waals surface area contributed by atoms with E-state index in [9.17, 15) is 10.1 Å². The van der Waals surface area contributed by atoms with Gasteiger partial charge in [0.15, 0.2) is 0 Å². The van der Waals surface area contributed by atoms with Crippen molar-refractivity contribution in [1.29, 1.82) is 5.26 Å². The van der Waals surface area contributed by atoms with E-state index < -0.39 is 0 Å². The second kappa shape index (κ2) is 11.4. The average molecular weight is 478 g/mol. The van der Waals surface area contributed by atoms with Crippen molar-refractivity contribution >= 4 is 17.3 Å². The van der Waals surface area contributed by atoms with Crippen molar-refractivity contribution in [2.24, 2.45) is 0 Å². The van der Waals surface area contributed by atoms with Gasteiger partial charge in [-0.05, 0) is 54.3 Å². The molecular weight excluding hydrogens is 446 g/mol. The molecule has 1 heterocycles. The monoisotopic (exact) mass is 477 g/mol. The third-order valence-corrected chi connectivity index (χ3v) is 6.06. The lowest BCUT2D eigenvalue weighted by molar-refractivity contribution is -0.115. The molecule has 0 spiro atoms.